The SMILES string of the molecule is COc1ccc(NC(=O)c2cncc(-c3cnn(C)c3)c2)cc1OC. The van der Waals surface area contributed by atoms with Crippen molar-refractivity contribution in [3.8, 4) is 22.6 Å². The van der Waals surface area contributed by atoms with Crippen LogP contribution in [0.25, 0.3) is 11.1 Å². The Kier molecular flexibility index (Phi) is 4.65. The molecule has 3 rings (SSSR count). The number of hydrogen-bond acceptors (Lipinski definition) is 5. The van der Waals surface area contributed by atoms with Gasteiger partial charge >= 0.3 is 0 Å². The minimum absolute atomic E-state index is 0.259. The first-order valence-corrected chi connectivity index (χ1v) is 7.58. The molecule has 2 aromatic heterocycles. The maximum atomic E-state index is 12.5. The summed E-state index contributed by atoms with van der Waals surface area (Å²) in [6, 6.07) is 6.96. The predicted octanol–water partition coefficient (Wildman–Crippen LogP) is 2.75. The van der Waals surface area contributed by atoms with Gasteiger partial charge in [-0.05, 0) is 18.2 Å². The summed E-state index contributed by atoms with van der Waals surface area (Å²) in [6.07, 6.45) is 6.82. The fraction of sp³-hybridized carbons (Fsp3) is 0.167. The molecule has 0 radical (unpaired) electrons. The Morgan fingerprint density at radius 2 is 1.84 bits per heavy atom. The van der Waals surface area contributed by atoms with Crippen molar-refractivity contribution in [1.82, 2.24) is 14.8 Å². The Labute approximate surface area is 145 Å². The summed E-state index contributed by atoms with van der Waals surface area (Å²) >= 11 is 0. The summed E-state index contributed by atoms with van der Waals surface area (Å²) in [6.45, 7) is 0. The standard InChI is InChI=1S/C18H18N4O3/c1-22-11-14(10-20-22)12-6-13(9-19-8-12)18(23)21-15-4-5-16(24-2)17(7-15)25-3/h4-11H,1-3H3,(H,21,23). The van der Waals surface area contributed by atoms with Gasteiger partial charge in [-0.2, -0.15) is 5.10 Å². The lowest BCUT2D eigenvalue weighted by Crippen LogP contribution is -2.12. The molecule has 25 heavy (non-hydrogen) atoms. The minimum atomic E-state index is -0.259. The van der Waals surface area contributed by atoms with Gasteiger partial charge in [0.1, 0.15) is 0 Å². The van der Waals surface area contributed by atoms with Gasteiger partial charge in [0.2, 0.25) is 0 Å². The number of anilines is 1. The molecule has 1 amide bonds. The minimum Gasteiger partial charge on any atom is -0.493 e. The Bertz CT molecular complexity index is 905. The third-order valence-corrected chi connectivity index (χ3v) is 3.68. The molecule has 0 saturated heterocycles. The van der Waals surface area contributed by atoms with E-state index in [0.717, 1.165) is 11.1 Å². The smallest absolute Gasteiger partial charge is 0.257 e. The number of nitrogens with one attached hydrogen (secondary N) is 1. The second-order valence-corrected chi connectivity index (χ2v) is 5.39. The molecule has 2 heterocycles. The van der Waals surface area contributed by atoms with E-state index in [1.807, 2.05) is 13.2 Å². The van der Waals surface area contributed by atoms with Crippen molar-refractivity contribution in [3.05, 3.63) is 54.6 Å². The van der Waals surface area contributed by atoms with E-state index in [4.69, 9.17) is 9.47 Å². The zero-order valence-electron chi connectivity index (χ0n) is 14.2. The van der Waals surface area contributed by atoms with E-state index in [1.54, 1.807) is 55.6 Å². The average molecular weight is 338 g/mol. The van der Waals surface area contributed by atoms with Crippen LogP contribution in [0.5, 0.6) is 11.5 Å². The third kappa shape index (κ3) is 3.60. The van der Waals surface area contributed by atoms with E-state index in [-0.39, 0.29) is 5.91 Å². The zero-order chi connectivity index (χ0) is 17.8. The molecular formula is C18H18N4O3. The van der Waals surface area contributed by atoms with E-state index in [2.05, 4.69) is 15.4 Å². The molecule has 1 aromatic carbocycles. The summed E-state index contributed by atoms with van der Waals surface area (Å²) < 4.78 is 12.1. The van der Waals surface area contributed by atoms with Crippen LogP contribution in [0.1, 0.15) is 10.4 Å². The van der Waals surface area contributed by atoms with Gasteiger partial charge in [0.25, 0.3) is 5.91 Å². The van der Waals surface area contributed by atoms with E-state index < -0.39 is 0 Å². The predicted molar refractivity (Wildman–Crippen MR) is 93.9 cm³/mol. The van der Waals surface area contributed by atoms with Crippen LogP contribution in [-0.2, 0) is 7.05 Å². The number of carbonyl (C=O) groups is 1. The largest absolute Gasteiger partial charge is 0.493 e. The maximum Gasteiger partial charge on any atom is 0.257 e. The van der Waals surface area contributed by atoms with Crippen molar-refractivity contribution in [2.24, 2.45) is 7.05 Å². The molecule has 0 saturated carbocycles. The molecule has 1 N–H and O–H groups in total. The van der Waals surface area contributed by atoms with Crippen molar-refractivity contribution >= 4 is 11.6 Å². The second-order valence-electron chi connectivity index (χ2n) is 5.39. The number of pyridine rings is 1. The Morgan fingerprint density at radius 3 is 2.52 bits per heavy atom. The molecule has 0 fully saturated rings. The molecule has 3 aromatic rings. The second kappa shape index (κ2) is 7.04. The van der Waals surface area contributed by atoms with Gasteiger partial charge in [0.05, 0.1) is 26.0 Å². The quantitative estimate of drug-likeness (QED) is 0.774. The highest BCUT2D eigenvalue weighted by molar-refractivity contribution is 6.04. The monoisotopic (exact) mass is 338 g/mol. The van der Waals surface area contributed by atoms with E-state index >= 15 is 0 Å². The third-order valence-electron chi connectivity index (χ3n) is 3.68. The zero-order valence-corrected chi connectivity index (χ0v) is 14.2. The highest BCUT2D eigenvalue weighted by Gasteiger charge is 2.11. The number of aryl methyl sites for hydroxylation is 1. The van der Waals surface area contributed by atoms with Gasteiger partial charge in [-0.25, -0.2) is 0 Å². The van der Waals surface area contributed by atoms with Crippen molar-refractivity contribution in [2.45, 2.75) is 0 Å². The molecular weight excluding hydrogens is 320 g/mol. The maximum absolute atomic E-state index is 12.5. The highest BCUT2D eigenvalue weighted by atomic mass is 16.5. The first-order chi connectivity index (χ1) is 12.1. The Balaban J connectivity index is 1.82. The van der Waals surface area contributed by atoms with Crippen LogP contribution in [-0.4, -0.2) is 34.9 Å². The molecule has 0 unspecified atom stereocenters. The molecule has 0 aliphatic rings. The molecule has 0 atom stereocenters. The topological polar surface area (TPSA) is 78.3 Å². The van der Waals surface area contributed by atoms with Gasteiger partial charge < -0.3 is 14.8 Å². The molecule has 7 heteroatoms. The number of ether oxygens (including phenoxy) is 2. The highest BCUT2D eigenvalue weighted by Crippen LogP contribution is 2.30. The number of benzene rings is 1. The lowest BCUT2D eigenvalue weighted by molar-refractivity contribution is 0.102. The summed E-state index contributed by atoms with van der Waals surface area (Å²) in [7, 11) is 4.95. The van der Waals surface area contributed by atoms with Gasteiger partial charge in [0.15, 0.2) is 11.5 Å². The van der Waals surface area contributed by atoms with E-state index in [1.165, 1.54) is 6.20 Å². The van der Waals surface area contributed by atoms with Gasteiger partial charge in [-0.1, -0.05) is 0 Å². The first kappa shape index (κ1) is 16.5. The van der Waals surface area contributed by atoms with Crippen LogP contribution in [0.4, 0.5) is 5.69 Å². The number of amides is 1. The lowest BCUT2D eigenvalue weighted by Gasteiger charge is -2.10. The summed E-state index contributed by atoms with van der Waals surface area (Å²) in [5, 5.41) is 6.97. The fourth-order valence-corrected chi connectivity index (χ4v) is 2.41. The lowest BCUT2D eigenvalue weighted by atomic mass is 10.1. The van der Waals surface area contributed by atoms with Crippen LogP contribution < -0.4 is 14.8 Å². The number of carbonyl (C=O) groups excluding carboxylic acids is 1. The van der Waals surface area contributed by atoms with E-state index in [9.17, 15) is 4.79 Å². The van der Waals surface area contributed by atoms with E-state index in [0.29, 0.717) is 22.7 Å². The van der Waals surface area contributed by atoms with Gasteiger partial charge in [-0.3, -0.25) is 14.5 Å². The van der Waals surface area contributed by atoms with Crippen LogP contribution in [0.15, 0.2) is 49.1 Å². The van der Waals surface area contributed by atoms with Crippen LogP contribution >= 0.6 is 0 Å². The van der Waals surface area contributed by atoms with Crippen LogP contribution in [0.2, 0.25) is 0 Å². The number of nitrogens with zero attached hydrogens (tertiary/aromatic N) is 3. The van der Waals surface area contributed by atoms with Gasteiger partial charge in [0, 0.05) is 48.5 Å². The van der Waals surface area contributed by atoms with Crippen LogP contribution in [0, 0.1) is 0 Å². The number of methoxy groups -OCH3 is 2. The first-order valence-electron chi connectivity index (χ1n) is 7.58. The van der Waals surface area contributed by atoms with Crippen molar-refractivity contribution in [2.75, 3.05) is 19.5 Å². The number of aromatic nitrogens is 3. The van der Waals surface area contributed by atoms with Crippen molar-refractivity contribution < 1.29 is 14.3 Å². The van der Waals surface area contributed by atoms with Crippen LogP contribution in [0.3, 0.4) is 0 Å². The number of rotatable bonds is 5. The fourth-order valence-electron chi connectivity index (χ4n) is 2.41. The average Bonchev–Trinajstić information content (AvgIpc) is 3.08. The molecule has 128 valence electrons. The Hall–Kier alpha value is -3.35. The molecule has 0 aliphatic carbocycles. The number of hydrogen-bond donors (Lipinski definition) is 1. The molecule has 0 spiro atoms. The molecule has 7 nitrogen and oxygen atoms in total. The molecule has 0 aliphatic heterocycles. The summed E-state index contributed by atoms with van der Waals surface area (Å²) in [5.41, 5.74) is 2.79. The summed E-state index contributed by atoms with van der Waals surface area (Å²) in [4.78, 5) is 16.7. The normalized spacial score (nSPS) is 10.4. The Morgan fingerprint density at radius 1 is 1.04 bits per heavy atom. The van der Waals surface area contributed by atoms with Crippen molar-refractivity contribution in [3.63, 3.8) is 0 Å². The van der Waals surface area contributed by atoms with Crippen molar-refractivity contribution in [1.29, 1.82) is 0 Å². The summed E-state index contributed by atoms with van der Waals surface area (Å²) in [5.74, 6) is 0.883. The van der Waals surface area contributed by atoms with Gasteiger partial charge in [-0.15, -0.1) is 0 Å². The molecule has 0 bridgehead atoms.